The highest BCUT2D eigenvalue weighted by Gasteiger charge is 1.99. The molecular weight excluding hydrogens is 164 g/mol. The maximum atomic E-state index is 4.24. The molecule has 0 aliphatic heterocycles. The van der Waals surface area contributed by atoms with Crippen molar-refractivity contribution in [1.29, 1.82) is 0 Å². The van der Waals surface area contributed by atoms with Gasteiger partial charge in [-0.1, -0.05) is 0 Å². The van der Waals surface area contributed by atoms with Gasteiger partial charge in [0.2, 0.25) is 0 Å². The van der Waals surface area contributed by atoms with Gasteiger partial charge in [0.05, 0.1) is 17.9 Å². The number of hydrogen-bond donors (Lipinski definition) is 0. The lowest BCUT2D eigenvalue weighted by molar-refractivity contribution is 1.11. The molecule has 0 saturated heterocycles. The summed E-state index contributed by atoms with van der Waals surface area (Å²) in [6, 6.07) is 3.97. The Kier molecular flexibility index (Phi) is 1.14. The van der Waals surface area contributed by atoms with Gasteiger partial charge in [0.1, 0.15) is 11.8 Å². The Morgan fingerprint density at radius 1 is 1.15 bits per heavy atom. The molecule has 4 heteroatoms. The molecule has 0 atom stereocenters. The minimum Gasteiger partial charge on any atom is -0.298 e. The Bertz CT molecular complexity index is 570. The lowest BCUT2D eigenvalue weighted by Crippen LogP contribution is -1.92. The zero-order valence-electron chi connectivity index (χ0n) is 6.75. The second kappa shape index (κ2) is 2.26. The van der Waals surface area contributed by atoms with Gasteiger partial charge in [0, 0.05) is 6.20 Å². The van der Waals surface area contributed by atoms with Gasteiger partial charge >= 0.3 is 0 Å². The SMILES string of the molecule is c1cc2cnc3cncnc3n2c1. The minimum atomic E-state index is 0.811. The molecule has 0 aliphatic rings. The third-order valence-electron chi connectivity index (χ3n) is 2.02. The molecule has 0 aromatic carbocycles. The fourth-order valence-electron chi connectivity index (χ4n) is 1.42. The summed E-state index contributed by atoms with van der Waals surface area (Å²) in [5, 5.41) is 0. The van der Waals surface area contributed by atoms with Gasteiger partial charge in [-0.2, -0.15) is 0 Å². The normalized spacial score (nSPS) is 11.1. The number of rotatable bonds is 0. The molecule has 0 unspecified atom stereocenters. The molecule has 3 rings (SSSR count). The zero-order chi connectivity index (χ0) is 8.67. The summed E-state index contributed by atoms with van der Waals surface area (Å²) in [6.07, 6.45) is 7.02. The molecule has 0 N–H and O–H groups in total. The molecule has 3 heterocycles. The Hall–Kier alpha value is -1.97. The van der Waals surface area contributed by atoms with E-state index in [1.165, 1.54) is 6.33 Å². The predicted molar refractivity (Wildman–Crippen MR) is 48.3 cm³/mol. The fourth-order valence-corrected chi connectivity index (χ4v) is 1.42. The largest absolute Gasteiger partial charge is 0.298 e. The highest BCUT2D eigenvalue weighted by molar-refractivity contribution is 5.72. The van der Waals surface area contributed by atoms with Crippen LogP contribution in [-0.2, 0) is 0 Å². The molecule has 0 radical (unpaired) electrons. The fraction of sp³-hybridized carbons (Fsp3) is 0. The Morgan fingerprint density at radius 3 is 3.15 bits per heavy atom. The first-order valence-electron chi connectivity index (χ1n) is 3.97. The van der Waals surface area contributed by atoms with Crippen LogP contribution in [0.2, 0.25) is 0 Å². The van der Waals surface area contributed by atoms with E-state index < -0.39 is 0 Å². The van der Waals surface area contributed by atoms with E-state index in [-0.39, 0.29) is 0 Å². The van der Waals surface area contributed by atoms with Crippen molar-refractivity contribution in [2.75, 3.05) is 0 Å². The summed E-state index contributed by atoms with van der Waals surface area (Å²) in [5.41, 5.74) is 2.70. The molecule has 62 valence electrons. The van der Waals surface area contributed by atoms with Gasteiger partial charge in [-0.15, -0.1) is 0 Å². The molecule has 0 aliphatic carbocycles. The van der Waals surface area contributed by atoms with Crippen molar-refractivity contribution in [3.63, 3.8) is 0 Å². The lowest BCUT2D eigenvalue weighted by atomic mass is 10.5. The third-order valence-corrected chi connectivity index (χ3v) is 2.02. The maximum absolute atomic E-state index is 4.24. The average molecular weight is 170 g/mol. The van der Waals surface area contributed by atoms with Crippen LogP contribution in [0.4, 0.5) is 0 Å². The van der Waals surface area contributed by atoms with E-state index in [1.807, 2.05) is 28.9 Å². The van der Waals surface area contributed by atoms with Gasteiger partial charge in [-0.3, -0.25) is 4.40 Å². The van der Waals surface area contributed by atoms with Crippen LogP contribution < -0.4 is 0 Å². The summed E-state index contributed by atoms with van der Waals surface area (Å²) in [7, 11) is 0. The summed E-state index contributed by atoms with van der Waals surface area (Å²) in [5.74, 6) is 0. The molecule has 3 aromatic rings. The van der Waals surface area contributed by atoms with Crippen molar-refractivity contribution in [3.05, 3.63) is 37.1 Å². The van der Waals surface area contributed by atoms with Crippen molar-refractivity contribution < 1.29 is 0 Å². The summed E-state index contributed by atoms with van der Waals surface area (Å²) < 4.78 is 1.99. The highest BCUT2D eigenvalue weighted by atomic mass is 15.0. The summed E-state index contributed by atoms with van der Waals surface area (Å²) in [4.78, 5) is 12.3. The molecule has 3 aromatic heterocycles. The first-order valence-corrected chi connectivity index (χ1v) is 3.97. The molecule has 4 nitrogen and oxygen atoms in total. The van der Waals surface area contributed by atoms with Crippen LogP contribution in [0, 0.1) is 0 Å². The van der Waals surface area contributed by atoms with Crippen LogP contribution in [0.3, 0.4) is 0 Å². The first-order chi connectivity index (χ1) is 6.45. The topological polar surface area (TPSA) is 43.1 Å². The highest BCUT2D eigenvalue weighted by Crippen LogP contribution is 2.10. The molecule has 13 heavy (non-hydrogen) atoms. The standard InChI is InChI=1S/C9H6N4/c1-2-7-4-11-8-5-10-6-12-9(8)13(7)3-1/h1-6H. The van der Waals surface area contributed by atoms with Crippen LogP contribution in [0.1, 0.15) is 0 Å². The maximum Gasteiger partial charge on any atom is 0.166 e. The number of nitrogens with zero attached hydrogens (tertiary/aromatic N) is 4. The summed E-state index contributed by atoms with van der Waals surface area (Å²) in [6.45, 7) is 0. The van der Waals surface area contributed by atoms with Crippen molar-refractivity contribution in [2.45, 2.75) is 0 Å². The number of fused-ring (bicyclic) bond motifs is 3. The second-order valence-corrected chi connectivity index (χ2v) is 2.79. The second-order valence-electron chi connectivity index (χ2n) is 2.79. The van der Waals surface area contributed by atoms with Gasteiger partial charge in [-0.25, -0.2) is 15.0 Å². The molecular formula is C9H6N4. The Balaban J connectivity index is 2.65. The van der Waals surface area contributed by atoms with Crippen LogP contribution in [0.15, 0.2) is 37.1 Å². The van der Waals surface area contributed by atoms with Gasteiger partial charge in [0.25, 0.3) is 0 Å². The summed E-state index contributed by atoms with van der Waals surface area (Å²) >= 11 is 0. The van der Waals surface area contributed by atoms with Gasteiger partial charge in [0.15, 0.2) is 5.65 Å². The Labute approximate surface area is 73.9 Å². The first kappa shape index (κ1) is 6.54. The van der Waals surface area contributed by atoms with Crippen molar-refractivity contribution >= 4 is 16.7 Å². The zero-order valence-corrected chi connectivity index (χ0v) is 6.75. The van der Waals surface area contributed by atoms with Crippen LogP contribution >= 0.6 is 0 Å². The lowest BCUT2D eigenvalue weighted by Gasteiger charge is -1.98. The van der Waals surface area contributed by atoms with E-state index in [0.29, 0.717) is 0 Å². The van der Waals surface area contributed by atoms with E-state index in [1.54, 1.807) is 6.20 Å². The van der Waals surface area contributed by atoms with Gasteiger partial charge < -0.3 is 0 Å². The van der Waals surface area contributed by atoms with Crippen LogP contribution in [-0.4, -0.2) is 19.4 Å². The van der Waals surface area contributed by atoms with E-state index in [9.17, 15) is 0 Å². The number of aromatic nitrogens is 4. The predicted octanol–water partition coefficient (Wildman–Crippen LogP) is 1.28. The quantitative estimate of drug-likeness (QED) is 0.510. The molecule has 0 fully saturated rings. The molecule has 0 amide bonds. The monoisotopic (exact) mass is 170 g/mol. The smallest absolute Gasteiger partial charge is 0.166 e. The van der Waals surface area contributed by atoms with E-state index in [4.69, 9.17) is 0 Å². The van der Waals surface area contributed by atoms with E-state index in [2.05, 4.69) is 15.0 Å². The molecule has 0 spiro atoms. The van der Waals surface area contributed by atoms with E-state index in [0.717, 1.165) is 16.7 Å². The third kappa shape index (κ3) is 0.823. The van der Waals surface area contributed by atoms with Crippen molar-refractivity contribution in [2.24, 2.45) is 0 Å². The Morgan fingerprint density at radius 2 is 2.15 bits per heavy atom. The minimum absolute atomic E-state index is 0.811. The van der Waals surface area contributed by atoms with E-state index >= 15 is 0 Å². The van der Waals surface area contributed by atoms with Gasteiger partial charge in [-0.05, 0) is 12.1 Å². The van der Waals surface area contributed by atoms with Crippen molar-refractivity contribution in [3.8, 4) is 0 Å². The van der Waals surface area contributed by atoms with Crippen LogP contribution in [0.5, 0.6) is 0 Å². The van der Waals surface area contributed by atoms with Crippen LogP contribution in [0.25, 0.3) is 16.7 Å². The van der Waals surface area contributed by atoms with Crippen molar-refractivity contribution in [1.82, 2.24) is 19.4 Å². The molecule has 0 bridgehead atoms. The number of hydrogen-bond acceptors (Lipinski definition) is 3. The molecule has 0 saturated carbocycles. The average Bonchev–Trinajstić information content (AvgIpc) is 2.65.